The van der Waals surface area contributed by atoms with Crippen LogP contribution in [0.5, 0.6) is 17.2 Å². The second-order valence-electron chi connectivity index (χ2n) is 8.11. The molecular formula is C25H28N2O7. The second kappa shape index (κ2) is 10.1. The number of phenols is 1. The van der Waals surface area contributed by atoms with Crippen LogP contribution in [0.2, 0.25) is 0 Å². The van der Waals surface area contributed by atoms with E-state index >= 15 is 0 Å². The zero-order chi connectivity index (χ0) is 24.2. The van der Waals surface area contributed by atoms with Crippen molar-refractivity contribution < 1.29 is 34.0 Å². The van der Waals surface area contributed by atoms with Crippen molar-refractivity contribution in [1.82, 2.24) is 9.80 Å². The molecule has 1 amide bonds. The van der Waals surface area contributed by atoms with Gasteiger partial charge in [0.15, 0.2) is 11.5 Å². The van der Waals surface area contributed by atoms with Crippen LogP contribution < -0.4 is 9.47 Å². The van der Waals surface area contributed by atoms with Crippen molar-refractivity contribution >= 4 is 17.4 Å². The minimum atomic E-state index is -0.836. The molecule has 0 spiro atoms. The van der Waals surface area contributed by atoms with Crippen LogP contribution in [-0.2, 0) is 14.3 Å². The molecule has 0 radical (unpaired) electrons. The first-order valence-electron chi connectivity index (χ1n) is 11.0. The number of methoxy groups -OCH3 is 2. The van der Waals surface area contributed by atoms with E-state index in [1.807, 2.05) is 0 Å². The van der Waals surface area contributed by atoms with E-state index in [9.17, 15) is 19.8 Å². The fourth-order valence-electron chi connectivity index (χ4n) is 4.30. The smallest absolute Gasteiger partial charge is 0.295 e. The highest BCUT2D eigenvalue weighted by Crippen LogP contribution is 2.41. The molecule has 0 aliphatic carbocycles. The van der Waals surface area contributed by atoms with Gasteiger partial charge in [-0.3, -0.25) is 14.5 Å². The molecule has 4 rings (SSSR count). The maximum atomic E-state index is 13.2. The highest BCUT2D eigenvalue weighted by Gasteiger charge is 2.46. The Labute approximate surface area is 197 Å². The summed E-state index contributed by atoms with van der Waals surface area (Å²) in [5.41, 5.74) is 0.929. The van der Waals surface area contributed by atoms with Crippen molar-refractivity contribution in [3.05, 3.63) is 59.2 Å². The van der Waals surface area contributed by atoms with Gasteiger partial charge in [-0.1, -0.05) is 6.07 Å². The number of benzene rings is 2. The van der Waals surface area contributed by atoms with Crippen LogP contribution in [0.15, 0.2) is 48.0 Å². The van der Waals surface area contributed by atoms with E-state index in [1.54, 1.807) is 36.4 Å². The number of hydrogen-bond acceptors (Lipinski definition) is 8. The van der Waals surface area contributed by atoms with Gasteiger partial charge >= 0.3 is 0 Å². The Kier molecular flexibility index (Phi) is 7.04. The molecule has 2 N–H and O–H groups in total. The molecule has 9 nitrogen and oxygen atoms in total. The minimum absolute atomic E-state index is 0.00936. The number of aliphatic hydroxyl groups is 1. The Morgan fingerprint density at radius 3 is 2.38 bits per heavy atom. The van der Waals surface area contributed by atoms with E-state index in [2.05, 4.69) is 4.90 Å². The lowest BCUT2D eigenvalue weighted by Crippen LogP contribution is -2.42. The Balaban J connectivity index is 1.76. The third-order valence-electron chi connectivity index (χ3n) is 6.18. The number of likely N-dealkylation sites (tertiary alicyclic amines) is 1. The number of ether oxygens (including phenoxy) is 3. The number of phenolic OH excluding ortho intramolecular Hbond substituents is 1. The quantitative estimate of drug-likeness (QED) is 0.362. The molecule has 9 heteroatoms. The number of aliphatic hydroxyl groups excluding tert-OH is 1. The summed E-state index contributed by atoms with van der Waals surface area (Å²) in [6, 6.07) is 10.4. The van der Waals surface area contributed by atoms with Gasteiger partial charge in [-0.25, -0.2) is 0 Å². The number of rotatable bonds is 7. The van der Waals surface area contributed by atoms with Crippen molar-refractivity contribution in [2.75, 3.05) is 53.6 Å². The summed E-state index contributed by atoms with van der Waals surface area (Å²) < 4.78 is 15.8. The van der Waals surface area contributed by atoms with Crippen LogP contribution in [0, 0.1) is 0 Å². The topological polar surface area (TPSA) is 109 Å². The van der Waals surface area contributed by atoms with Crippen molar-refractivity contribution in [1.29, 1.82) is 0 Å². The largest absolute Gasteiger partial charge is 0.507 e. The SMILES string of the molecule is COc1ccc(C(O)=C2C(=O)C(=O)N(CCN3CCOCC3)[C@H]2c2ccc(O)c(OC)c2)cc1. The van der Waals surface area contributed by atoms with Crippen molar-refractivity contribution in [2.24, 2.45) is 0 Å². The van der Waals surface area contributed by atoms with Gasteiger partial charge in [0.2, 0.25) is 0 Å². The third-order valence-corrected chi connectivity index (χ3v) is 6.18. The fourth-order valence-corrected chi connectivity index (χ4v) is 4.30. The molecule has 180 valence electrons. The number of carbonyl (C=O) groups is 2. The standard InChI is InChI=1S/C25H28N2O7/c1-32-18-6-3-16(4-7-18)23(29)21-22(17-5-8-19(28)20(15-17)33-2)27(25(31)24(21)30)10-9-26-11-13-34-14-12-26/h3-8,15,22,28-29H,9-14H2,1-2H3/t22-/m0/s1. The molecule has 0 bridgehead atoms. The number of carbonyl (C=O) groups excluding carboxylic acids is 2. The monoisotopic (exact) mass is 468 g/mol. The number of amides is 1. The number of aromatic hydroxyl groups is 1. The summed E-state index contributed by atoms with van der Waals surface area (Å²) in [7, 11) is 2.96. The molecule has 34 heavy (non-hydrogen) atoms. The first-order valence-corrected chi connectivity index (χ1v) is 11.0. The maximum absolute atomic E-state index is 13.2. The Morgan fingerprint density at radius 2 is 1.74 bits per heavy atom. The van der Waals surface area contributed by atoms with Crippen molar-refractivity contribution in [3.63, 3.8) is 0 Å². The number of Topliss-reactive ketones (excluding diaryl/α,β-unsaturated/α-hetero) is 1. The predicted octanol–water partition coefficient (Wildman–Crippen LogP) is 2.16. The predicted molar refractivity (Wildman–Crippen MR) is 124 cm³/mol. The van der Waals surface area contributed by atoms with Gasteiger partial charge in [0.1, 0.15) is 11.5 Å². The summed E-state index contributed by atoms with van der Waals surface area (Å²) in [4.78, 5) is 29.9. The molecule has 2 aliphatic heterocycles. The maximum Gasteiger partial charge on any atom is 0.295 e. The van der Waals surface area contributed by atoms with Crippen LogP contribution in [0.4, 0.5) is 0 Å². The molecular weight excluding hydrogens is 440 g/mol. The fraction of sp³-hybridized carbons (Fsp3) is 0.360. The second-order valence-corrected chi connectivity index (χ2v) is 8.11. The highest BCUT2D eigenvalue weighted by molar-refractivity contribution is 6.46. The average molecular weight is 469 g/mol. The summed E-state index contributed by atoms with van der Waals surface area (Å²) >= 11 is 0. The summed E-state index contributed by atoms with van der Waals surface area (Å²) in [5, 5.41) is 21.2. The molecule has 1 atom stereocenters. The van der Waals surface area contributed by atoms with Gasteiger partial charge in [-0.15, -0.1) is 0 Å². The van der Waals surface area contributed by atoms with Gasteiger partial charge in [0.05, 0.1) is 39.0 Å². The van der Waals surface area contributed by atoms with E-state index in [4.69, 9.17) is 14.2 Å². The van der Waals surface area contributed by atoms with E-state index in [0.29, 0.717) is 36.6 Å². The lowest BCUT2D eigenvalue weighted by Gasteiger charge is -2.31. The number of hydrogen-bond donors (Lipinski definition) is 2. The molecule has 2 aromatic carbocycles. The van der Waals surface area contributed by atoms with Crippen LogP contribution in [-0.4, -0.2) is 85.3 Å². The van der Waals surface area contributed by atoms with Gasteiger partial charge in [-0.2, -0.15) is 0 Å². The van der Waals surface area contributed by atoms with Crippen LogP contribution in [0.3, 0.4) is 0 Å². The highest BCUT2D eigenvalue weighted by atomic mass is 16.5. The molecule has 2 aromatic rings. The third kappa shape index (κ3) is 4.57. The summed E-state index contributed by atoms with van der Waals surface area (Å²) in [6.07, 6.45) is 0. The van der Waals surface area contributed by atoms with Gasteiger partial charge in [0.25, 0.3) is 11.7 Å². The summed E-state index contributed by atoms with van der Waals surface area (Å²) in [6.45, 7) is 3.58. The van der Waals surface area contributed by atoms with Crippen LogP contribution in [0.1, 0.15) is 17.2 Å². The zero-order valence-corrected chi connectivity index (χ0v) is 19.2. The lowest BCUT2D eigenvalue weighted by molar-refractivity contribution is -0.140. The Bertz CT molecular complexity index is 1090. The molecule has 2 heterocycles. The minimum Gasteiger partial charge on any atom is -0.507 e. The average Bonchev–Trinajstić information content (AvgIpc) is 3.13. The molecule has 0 saturated carbocycles. The van der Waals surface area contributed by atoms with E-state index in [0.717, 1.165) is 13.1 Å². The van der Waals surface area contributed by atoms with Gasteiger partial charge in [0, 0.05) is 31.7 Å². The molecule has 2 fully saturated rings. The normalized spacial score (nSPS) is 20.5. The van der Waals surface area contributed by atoms with Gasteiger partial charge < -0.3 is 29.3 Å². The van der Waals surface area contributed by atoms with E-state index in [-0.39, 0.29) is 29.4 Å². The Hall–Kier alpha value is -3.56. The lowest BCUT2D eigenvalue weighted by atomic mass is 9.95. The number of morpholine rings is 1. The first-order chi connectivity index (χ1) is 16.4. The van der Waals surface area contributed by atoms with Crippen LogP contribution in [0.25, 0.3) is 5.76 Å². The molecule has 2 aliphatic rings. The number of ketones is 1. The first kappa shape index (κ1) is 23.6. The van der Waals surface area contributed by atoms with Crippen molar-refractivity contribution in [2.45, 2.75) is 6.04 Å². The zero-order valence-electron chi connectivity index (χ0n) is 19.2. The van der Waals surface area contributed by atoms with Crippen molar-refractivity contribution in [3.8, 4) is 17.2 Å². The van der Waals surface area contributed by atoms with Crippen LogP contribution >= 0.6 is 0 Å². The molecule has 0 unspecified atom stereocenters. The van der Waals surface area contributed by atoms with E-state index in [1.165, 1.54) is 25.2 Å². The Morgan fingerprint density at radius 1 is 1.03 bits per heavy atom. The number of nitrogens with zero attached hydrogens (tertiary/aromatic N) is 2. The molecule has 2 saturated heterocycles. The molecule has 0 aromatic heterocycles. The summed E-state index contributed by atoms with van der Waals surface area (Å²) in [5.74, 6) is -0.964. The van der Waals surface area contributed by atoms with Gasteiger partial charge in [-0.05, 0) is 42.0 Å². The van der Waals surface area contributed by atoms with E-state index < -0.39 is 17.7 Å².